The molecule has 0 amide bonds. The van der Waals surface area contributed by atoms with Crippen LogP contribution < -0.4 is 9.47 Å². The molecule has 1 N–H and O–H groups in total. The number of carboxylic acids is 1. The van der Waals surface area contributed by atoms with E-state index in [1.54, 1.807) is 30.3 Å². The summed E-state index contributed by atoms with van der Waals surface area (Å²) in [7, 11) is 0. The maximum Gasteiger partial charge on any atom is 0.336 e. The Bertz CT molecular complexity index is 737. The Hall–Kier alpha value is -2.82. The lowest BCUT2D eigenvalue weighted by atomic mass is 10.0. The average Bonchev–Trinajstić information content (AvgIpc) is 2.93. The van der Waals surface area contributed by atoms with E-state index in [0.717, 1.165) is 0 Å². The fourth-order valence-corrected chi connectivity index (χ4v) is 2.08. The van der Waals surface area contributed by atoms with Crippen LogP contribution in [-0.2, 0) is 4.79 Å². The van der Waals surface area contributed by atoms with Crippen molar-refractivity contribution in [3.63, 3.8) is 0 Å². The van der Waals surface area contributed by atoms with Crippen molar-refractivity contribution in [1.29, 1.82) is 0 Å². The summed E-state index contributed by atoms with van der Waals surface area (Å²) in [4.78, 5) is 11.5. The normalized spacial score (nSPS) is 13.3. The predicted molar refractivity (Wildman–Crippen MR) is 74.5 cm³/mol. The van der Waals surface area contributed by atoms with Gasteiger partial charge in [0, 0.05) is 5.56 Å². The van der Waals surface area contributed by atoms with Crippen LogP contribution in [0.2, 0.25) is 0 Å². The zero-order valence-corrected chi connectivity index (χ0v) is 10.9. The maximum atomic E-state index is 13.7. The molecule has 3 rings (SSSR count). The van der Waals surface area contributed by atoms with Gasteiger partial charge in [-0.3, -0.25) is 0 Å². The van der Waals surface area contributed by atoms with Crippen LogP contribution in [0.4, 0.5) is 4.39 Å². The minimum atomic E-state index is -1.14. The molecule has 0 saturated carbocycles. The summed E-state index contributed by atoms with van der Waals surface area (Å²) >= 11 is 0. The molecule has 0 saturated heterocycles. The van der Waals surface area contributed by atoms with Crippen LogP contribution in [0.1, 0.15) is 11.1 Å². The molecule has 1 heterocycles. The van der Waals surface area contributed by atoms with E-state index in [2.05, 4.69) is 0 Å². The van der Waals surface area contributed by atoms with Gasteiger partial charge in [-0.15, -0.1) is 0 Å². The molecule has 1 aliphatic rings. The molecular formula is C16H11FO4. The molecule has 4 nitrogen and oxygen atoms in total. The van der Waals surface area contributed by atoms with E-state index in [9.17, 15) is 14.3 Å². The highest BCUT2D eigenvalue weighted by Gasteiger charge is 2.18. The molecule has 1 aliphatic heterocycles. The van der Waals surface area contributed by atoms with Crippen LogP contribution in [0, 0.1) is 5.82 Å². The van der Waals surface area contributed by atoms with E-state index in [-0.39, 0.29) is 17.9 Å². The first kappa shape index (κ1) is 13.2. The van der Waals surface area contributed by atoms with Crippen molar-refractivity contribution in [3.8, 4) is 11.5 Å². The molecule has 0 unspecified atom stereocenters. The van der Waals surface area contributed by atoms with Gasteiger partial charge in [0.1, 0.15) is 5.82 Å². The number of aliphatic carboxylic acids is 1. The molecule has 21 heavy (non-hydrogen) atoms. The third-order valence-electron chi connectivity index (χ3n) is 3.12. The SMILES string of the molecule is O=C(O)/C(=C\c1ccccc1F)c1ccc2c(c1)OCO2. The van der Waals surface area contributed by atoms with Crippen LogP contribution in [-0.4, -0.2) is 17.9 Å². The number of benzene rings is 2. The third-order valence-corrected chi connectivity index (χ3v) is 3.12. The Morgan fingerprint density at radius 2 is 1.90 bits per heavy atom. The van der Waals surface area contributed by atoms with Gasteiger partial charge in [-0.05, 0) is 29.8 Å². The zero-order valence-electron chi connectivity index (χ0n) is 10.9. The average molecular weight is 286 g/mol. The molecule has 0 aromatic heterocycles. The molecule has 0 fully saturated rings. The van der Waals surface area contributed by atoms with Gasteiger partial charge < -0.3 is 14.6 Å². The lowest BCUT2D eigenvalue weighted by molar-refractivity contribution is -0.130. The Morgan fingerprint density at radius 1 is 1.14 bits per heavy atom. The van der Waals surface area contributed by atoms with E-state index < -0.39 is 11.8 Å². The van der Waals surface area contributed by atoms with Crippen LogP contribution in [0.5, 0.6) is 11.5 Å². The van der Waals surface area contributed by atoms with Crippen molar-refractivity contribution in [2.75, 3.05) is 6.79 Å². The lowest BCUT2D eigenvalue weighted by Crippen LogP contribution is -2.00. The summed E-state index contributed by atoms with van der Waals surface area (Å²) in [6.45, 7) is 0.109. The van der Waals surface area contributed by atoms with E-state index in [1.807, 2.05) is 0 Å². The van der Waals surface area contributed by atoms with Crippen LogP contribution >= 0.6 is 0 Å². The Kier molecular flexibility index (Phi) is 3.31. The van der Waals surface area contributed by atoms with Crippen LogP contribution in [0.3, 0.4) is 0 Å². The van der Waals surface area contributed by atoms with Gasteiger partial charge >= 0.3 is 5.97 Å². The number of fused-ring (bicyclic) bond motifs is 1. The standard InChI is InChI=1S/C16H11FO4/c17-13-4-2-1-3-11(13)7-12(16(18)19)10-5-6-14-15(8-10)21-9-20-14/h1-8H,9H2,(H,18,19)/b12-7-. The summed E-state index contributed by atoms with van der Waals surface area (Å²) < 4.78 is 24.1. The van der Waals surface area contributed by atoms with E-state index in [1.165, 1.54) is 18.2 Å². The highest BCUT2D eigenvalue weighted by Crippen LogP contribution is 2.35. The van der Waals surface area contributed by atoms with Crippen molar-refractivity contribution in [1.82, 2.24) is 0 Å². The summed E-state index contributed by atoms with van der Waals surface area (Å²) in [5, 5.41) is 9.36. The highest BCUT2D eigenvalue weighted by atomic mass is 19.1. The summed E-state index contributed by atoms with van der Waals surface area (Å²) in [5.41, 5.74) is 0.626. The van der Waals surface area contributed by atoms with Crippen molar-refractivity contribution in [3.05, 3.63) is 59.4 Å². The van der Waals surface area contributed by atoms with Crippen molar-refractivity contribution < 1.29 is 23.8 Å². The number of halogens is 1. The summed E-state index contributed by atoms with van der Waals surface area (Å²) in [5.74, 6) is -0.573. The highest BCUT2D eigenvalue weighted by molar-refractivity contribution is 6.20. The van der Waals surface area contributed by atoms with Gasteiger partial charge in [-0.25, -0.2) is 9.18 Å². The van der Waals surface area contributed by atoms with Crippen molar-refractivity contribution >= 4 is 17.6 Å². The number of carboxylic acid groups (broad SMARTS) is 1. The van der Waals surface area contributed by atoms with Gasteiger partial charge in [0.2, 0.25) is 6.79 Å². The fraction of sp³-hybridized carbons (Fsp3) is 0.0625. The van der Waals surface area contributed by atoms with Gasteiger partial charge in [-0.1, -0.05) is 24.3 Å². The Morgan fingerprint density at radius 3 is 2.67 bits per heavy atom. The Labute approximate surface area is 120 Å². The predicted octanol–water partition coefficient (Wildman–Crippen LogP) is 3.18. The smallest absolute Gasteiger partial charge is 0.336 e. The lowest BCUT2D eigenvalue weighted by Gasteiger charge is -2.05. The first-order valence-electron chi connectivity index (χ1n) is 6.25. The quantitative estimate of drug-likeness (QED) is 0.695. The molecule has 2 aromatic carbocycles. The Balaban J connectivity index is 2.07. The number of ether oxygens (including phenoxy) is 2. The molecule has 2 aromatic rings. The monoisotopic (exact) mass is 286 g/mol. The summed E-state index contributed by atoms with van der Waals surface area (Å²) in [6, 6.07) is 10.8. The van der Waals surface area contributed by atoms with Gasteiger partial charge in [-0.2, -0.15) is 0 Å². The minimum absolute atomic E-state index is 0.0154. The molecule has 0 aliphatic carbocycles. The molecule has 0 bridgehead atoms. The van der Waals surface area contributed by atoms with Crippen molar-refractivity contribution in [2.24, 2.45) is 0 Å². The first-order valence-corrected chi connectivity index (χ1v) is 6.25. The maximum absolute atomic E-state index is 13.7. The molecule has 0 spiro atoms. The van der Waals surface area contributed by atoms with E-state index >= 15 is 0 Å². The van der Waals surface area contributed by atoms with Gasteiger partial charge in [0.15, 0.2) is 11.5 Å². The largest absolute Gasteiger partial charge is 0.478 e. The van der Waals surface area contributed by atoms with E-state index in [4.69, 9.17) is 9.47 Å². The number of rotatable bonds is 3. The van der Waals surface area contributed by atoms with Crippen LogP contribution in [0.25, 0.3) is 11.6 Å². The van der Waals surface area contributed by atoms with Crippen LogP contribution in [0.15, 0.2) is 42.5 Å². The molecule has 106 valence electrons. The zero-order chi connectivity index (χ0) is 14.8. The third kappa shape index (κ3) is 2.58. The van der Waals surface area contributed by atoms with Crippen molar-refractivity contribution in [2.45, 2.75) is 0 Å². The fourth-order valence-electron chi connectivity index (χ4n) is 2.08. The second-order valence-electron chi connectivity index (χ2n) is 4.45. The van der Waals surface area contributed by atoms with Gasteiger partial charge in [0.25, 0.3) is 0 Å². The second-order valence-corrected chi connectivity index (χ2v) is 4.45. The molecule has 0 radical (unpaired) electrons. The topological polar surface area (TPSA) is 55.8 Å². The molecular weight excluding hydrogens is 275 g/mol. The molecule has 0 atom stereocenters. The minimum Gasteiger partial charge on any atom is -0.478 e. The second kappa shape index (κ2) is 5.28. The number of carbonyl (C=O) groups is 1. The number of hydrogen-bond acceptors (Lipinski definition) is 3. The van der Waals surface area contributed by atoms with E-state index in [0.29, 0.717) is 17.1 Å². The number of hydrogen-bond donors (Lipinski definition) is 1. The van der Waals surface area contributed by atoms with Gasteiger partial charge in [0.05, 0.1) is 5.57 Å². The summed E-state index contributed by atoms with van der Waals surface area (Å²) in [6.07, 6.45) is 1.30. The first-order chi connectivity index (χ1) is 10.1. The molecule has 5 heteroatoms.